The van der Waals surface area contributed by atoms with E-state index in [0.717, 1.165) is 5.56 Å². The van der Waals surface area contributed by atoms with Crippen molar-refractivity contribution in [3.63, 3.8) is 0 Å². The Morgan fingerprint density at radius 3 is 2.79 bits per heavy atom. The molecule has 0 atom stereocenters. The molecule has 1 heterocycles. The van der Waals surface area contributed by atoms with Gasteiger partial charge in [0.25, 0.3) is 5.95 Å². The number of nitrogens with zero attached hydrogens (tertiary/aromatic N) is 4. The van der Waals surface area contributed by atoms with E-state index in [1.54, 1.807) is 30.5 Å². The number of nitrogen functional groups attached to an aromatic ring is 1. The second-order valence-electron chi connectivity index (χ2n) is 3.55. The first kappa shape index (κ1) is 12.6. The second-order valence-corrected chi connectivity index (χ2v) is 3.55. The van der Waals surface area contributed by atoms with Crippen molar-refractivity contribution in [3.05, 3.63) is 41.7 Å². The SMILES string of the molecule is COC(=O)c1ccc(/C=N/Nc2nncn2N)cc1. The van der Waals surface area contributed by atoms with Gasteiger partial charge in [-0.2, -0.15) is 5.10 Å². The molecule has 19 heavy (non-hydrogen) atoms. The number of benzene rings is 1. The molecule has 0 fully saturated rings. The predicted molar refractivity (Wildman–Crippen MR) is 69.2 cm³/mol. The fourth-order valence-corrected chi connectivity index (χ4v) is 1.31. The number of hydrazone groups is 1. The number of esters is 1. The van der Waals surface area contributed by atoms with E-state index in [1.165, 1.54) is 18.1 Å². The minimum absolute atomic E-state index is 0.322. The number of hydrogen-bond donors (Lipinski definition) is 2. The van der Waals surface area contributed by atoms with E-state index in [2.05, 4.69) is 25.5 Å². The fourth-order valence-electron chi connectivity index (χ4n) is 1.31. The topological polar surface area (TPSA) is 107 Å². The van der Waals surface area contributed by atoms with Gasteiger partial charge < -0.3 is 10.6 Å². The lowest BCUT2D eigenvalue weighted by Crippen LogP contribution is -2.10. The van der Waals surface area contributed by atoms with Gasteiger partial charge in [-0.05, 0) is 17.7 Å². The van der Waals surface area contributed by atoms with E-state index in [-0.39, 0.29) is 5.97 Å². The van der Waals surface area contributed by atoms with Crippen LogP contribution in [0.15, 0.2) is 35.7 Å². The van der Waals surface area contributed by atoms with Crippen LogP contribution in [0.4, 0.5) is 5.95 Å². The predicted octanol–water partition coefficient (Wildman–Crippen LogP) is 0.224. The van der Waals surface area contributed by atoms with Gasteiger partial charge in [-0.1, -0.05) is 12.1 Å². The molecule has 8 nitrogen and oxygen atoms in total. The standard InChI is InChI=1S/C11H12N6O2/c1-19-10(18)9-4-2-8(3-5-9)6-13-15-11-16-14-7-17(11)12/h2-7H,12H2,1H3,(H,15,16)/b13-6+. The number of nitrogens with one attached hydrogen (secondary N) is 1. The van der Waals surface area contributed by atoms with Crippen LogP contribution >= 0.6 is 0 Å². The van der Waals surface area contributed by atoms with Gasteiger partial charge in [-0.25, -0.2) is 14.9 Å². The highest BCUT2D eigenvalue weighted by Crippen LogP contribution is 2.04. The summed E-state index contributed by atoms with van der Waals surface area (Å²) in [5, 5.41) is 11.2. The number of ether oxygens (including phenoxy) is 1. The Morgan fingerprint density at radius 2 is 2.21 bits per heavy atom. The van der Waals surface area contributed by atoms with Crippen LogP contribution in [0.3, 0.4) is 0 Å². The first-order valence-corrected chi connectivity index (χ1v) is 5.33. The number of methoxy groups -OCH3 is 1. The largest absolute Gasteiger partial charge is 0.465 e. The molecule has 0 amide bonds. The highest BCUT2D eigenvalue weighted by atomic mass is 16.5. The van der Waals surface area contributed by atoms with Crippen LogP contribution in [0.1, 0.15) is 15.9 Å². The number of rotatable bonds is 4. The molecule has 0 aliphatic carbocycles. The van der Waals surface area contributed by atoms with E-state index >= 15 is 0 Å². The molecule has 0 bridgehead atoms. The van der Waals surface area contributed by atoms with Crippen LogP contribution in [0, 0.1) is 0 Å². The van der Waals surface area contributed by atoms with E-state index < -0.39 is 0 Å². The third-order valence-electron chi connectivity index (χ3n) is 2.28. The Kier molecular flexibility index (Phi) is 3.72. The van der Waals surface area contributed by atoms with Gasteiger partial charge >= 0.3 is 5.97 Å². The highest BCUT2D eigenvalue weighted by molar-refractivity contribution is 5.90. The van der Waals surface area contributed by atoms with Crippen molar-refractivity contribution >= 4 is 18.1 Å². The maximum absolute atomic E-state index is 11.2. The summed E-state index contributed by atoms with van der Waals surface area (Å²) in [6.07, 6.45) is 2.92. The van der Waals surface area contributed by atoms with Crippen molar-refractivity contribution in [2.45, 2.75) is 0 Å². The van der Waals surface area contributed by atoms with E-state index in [4.69, 9.17) is 5.84 Å². The van der Waals surface area contributed by atoms with Gasteiger partial charge in [0.2, 0.25) is 0 Å². The molecule has 0 aliphatic rings. The molecule has 98 valence electrons. The second kappa shape index (κ2) is 5.63. The summed E-state index contributed by atoms with van der Waals surface area (Å²) < 4.78 is 5.81. The van der Waals surface area contributed by atoms with Crippen molar-refractivity contribution in [1.29, 1.82) is 0 Å². The third kappa shape index (κ3) is 3.06. The highest BCUT2D eigenvalue weighted by Gasteiger charge is 2.03. The maximum Gasteiger partial charge on any atom is 0.337 e. The number of carbonyl (C=O) groups excluding carboxylic acids is 1. The van der Waals surface area contributed by atoms with Crippen molar-refractivity contribution in [2.24, 2.45) is 5.10 Å². The fraction of sp³-hybridized carbons (Fsp3) is 0.0909. The van der Waals surface area contributed by atoms with Crippen LogP contribution in [-0.4, -0.2) is 34.2 Å². The Labute approximate surface area is 108 Å². The van der Waals surface area contributed by atoms with Gasteiger partial charge in [-0.15, -0.1) is 10.2 Å². The summed E-state index contributed by atoms with van der Waals surface area (Å²) in [5.41, 5.74) is 3.92. The summed E-state index contributed by atoms with van der Waals surface area (Å²) in [7, 11) is 1.34. The maximum atomic E-state index is 11.2. The molecule has 0 unspecified atom stereocenters. The number of anilines is 1. The van der Waals surface area contributed by atoms with Gasteiger partial charge in [0.1, 0.15) is 6.33 Å². The van der Waals surface area contributed by atoms with Gasteiger partial charge in [-0.3, -0.25) is 0 Å². The average Bonchev–Trinajstić information content (AvgIpc) is 2.84. The molecule has 0 spiro atoms. The van der Waals surface area contributed by atoms with Gasteiger partial charge in [0.05, 0.1) is 18.9 Å². The lowest BCUT2D eigenvalue weighted by Gasteiger charge is -1.99. The Morgan fingerprint density at radius 1 is 1.47 bits per heavy atom. The van der Waals surface area contributed by atoms with E-state index in [0.29, 0.717) is 11.5 Å². The molecule has 0 radical (unpaired) electrons. The van der Waals surface area contributed by atoms with Crippen molar-refractivity contribution in [1.82, 2.24) is 14.9 Å². The molecule has 0 saturated heterocycles. The van der Waals surface area contributed by atoms with E-state index in [1.807, 2.05) is 0 Å². The van der Waals surface area contributed by atoms with Crippen LogP contribution in [0.2, 0.25) is 0 Å². The molecule has 0 saturated carbocycles. The molecule has 2 rings (SSSR count). The van der Waals surface area contributed by atoms with Crippen molar-refractivity contribution in [3.8, 4) is 0 Å². The Balaban J connectivity index is 2.00. The average molecular weight is 260 g/mol. The van der Waals surface area contributed by atoms with E-state index in [9.17, 15) is 4.79 Å². The smallest absolute Gasteiger partial charge is 0.337 e. The van der Waals surface area contributed by atoms with Crippen LogP contribution < -0.4 is 11.3 Å². The molecule has 8 heteroatoms. The van der Waals surface area contributed by atoms with Crippen molar-refractivity contribution in [2.75, 3.05) is 18.4 Å². The summed E-state index contributed by atoms with van der Waals surface area (Å²) in [6.45, 7) is 0. The number of hydrogen-bond acceptors (Lipinski definition) is 7. The summed E-state index contributed by atoms with van der Waals surface area (Å²) in [6, 6.07) is 6.78. The van der Waals surface area contributed by atoms with Crippen LogP contribution in [-0.2, 0) is 4.74 Å². The zero-order chi connectivity index (χ0) is 13.7. The molecule has 1 aromatic heterocycles. The van der Waals surface area contributed by atoms with Crippen molar-refractivity contribution < 1.29 is 9.53 Å². The molecule has 3 N–H and O–H groups in total. The molecule has 0 aliphatic heterocycles. The normalized spacial score (nSPS) is 10.6. The lowest BCUT2D eigenvalue weighted by atomic mass is 10.1. The molecular weight excluding hydrogens is 248 g/mol. The minimum Gasteiger partial charge on any atom is -0.465 e. The Hall–Kier alpha value is -2.90. The summed E-state index contributed by atoms with van der Waals surface area (Å²) >= 11 is 0. The third-order valence-corrected chi connectivity index (χ3v) is 2.28. The molecule has 2 aromatic rings. The summed E-state index contributed by atoms with van der Waals surface area (Å²) in [4.78, 5) is 11.2. The molecule has 1 aromatic carbocycles. The first-order chi connectivity index (χ1) is 9.20. The first-order valence-electron chi connectivity index (χ1n) is 5.33. The Bertz CT molecular complexity index is 589. The van der Waals surface area contributed by atoms with Crippen LogP contribution in [0.25, 0.3) is 0 Å². The van der Waals surface area contributed by atoms with Gasteiger partial charge in [0.15, 0.2) is 0 Å². The summed E-state index contributed by atoms with van der Waals surface area (Å²) in [5.74, 6) is 5.44. The zero-order valence-electron chi connectivity index (χ0n) is 10.1. The van der Waals surface area contributed by atoms with Crippen LogP contribution in [0.5, 0.6) is 0 Å². The molecular formula is C11H12N6O2. The quantitative estimate of drug-likeness (QED) is 0.352. The van der Waals surface area contributed by atoms with Gasteiger partial charge in [0, 0.05) is 0 Å². The zero-order valence-corrected chi connectivity index (χ0v) is 10.1. The number of carbonyl (C=O) groups is 1. The number of nitrogens with two attached hydrogens (primary N) is 1. The number of aromatic nitrogens is 3. The monoisotopic (exact) mass is 260 g/mol. The minimum atomic E-state index is -0.377. The lowest BCUT2D eigenvalue weighted by molar-refractivity contribution is 0.0601.